The Morgan fingerprint density at radius 2 is 1.90 bits per heavy atom. The van der Waals surface area contributed by atoms with Gasteiger partial charge in [0, 0.05) is 23.6 Å². The number of hydrogen-bond acceptors (Lipinski definition) is 4. The first kappa shape index (κ1) is 21.3. The molecule has 1 heterocycles. The van der Waals surface area contributed by atoms with Gasteiger partial charge in [0.05, 0.1) is 11.5 Å². The fraction of sp³-hybridized carbons (Fsp3) is 0.409. The van der Waals surface area contributed by atoms with Crippen molar-refractivity contribution in [3.8, 4) is 5.75 Å². The highest BCUT2D eigenvalue weighted by atomic mass is 32.2. The fourth-order valence-electron chi connectivity index (χ4n) is 3.33. The summed E-state index contributed by atoms with van der Waals surface area (Å²) < 4.78 is 33.6. The maximum atomic E-state index is 12.8. The molecule has 0 aromatic heterocycles. The Labute approximate surface area is 172 Å². The molecule has 7 heteroatoms. The fourth-order valence-corrected chi connectivity index (χ4v) is 4.77. The summed E-state index contributed by atoms with van der Waals surface area (Å²) in [4.78, 5) is 12.8. The summed E-state index contributed by atoms with van der Waals surface area (Å²) in [7, 11) is -3.71. The monoisotopic (exact) mass is 416 g/mol. The van der Waals surface area contributed by atoms with E-state index in [0.29, 0.717) is 18.7 Å². The summed E-state index contributed by atoms with van der Waals surface area (Å²) in [5.74, 6) is 0.785. The summed E-state index contributed by atoms with van der Waals surface area (Å²) in [5.41, 5.74) is 1.61. The SMILES string of the molecule is Cc1ccc(S(=O)(=O)NC(C)(C)C)cc1C(=O)NCC1COc2ccccc2C1. The lowest BCUT2D eigenvalue weighted by Gasteiger charge is -2.25. The van der Waals surface area contributed by atoms with Crippen molar-refractivity contribution in [1.29, 1.82) is 0 Å². The number of aryl methyl sites for hydroxylation is 1. The highest BCUT2D eigenvalue weighted by Crippen LogP contribution is 2.26. The number of para-hydroxylation sites is 1. The molecule has 0 saturated heterocycles. The van der Waals surface area contributed by atoms with Gasteiger partial charge in [-0.25, -0.2) is 13.1 Å². The summed E-state index contributed by atoms with van der Waals surface area (Å²) in [6, 6.07) is 12.5. The zero-order valence-electron chi connectivity index (χ0n) is 17.3. The molecular weight excluding hydrogens is 388 g/mol. The van der Waals surface area contributed by atoms with Gasteiger partial charge in [-0.2, -0.15) is 0 Å². The molecule has 1 aliphatic heterocycles. The Balaban J connectivity index is 1.70. The van der Waals surface area contributed by atoms with E-state index in [1.165, 1.54) is 12.1 Å². The van der Waals surface area contributed by atoms with E-state index in [9.17, 15) is 13.2 Å². The van der Waals surface area contributed by atoms with Crippen LogP contribution in [-0.4, -0.2) is 33.0 Å². The Hall–Kier alpha value is -2.38. The predicted octanol–water partition coefficient (Wildman–Crippen LogP) is 3.05. The summed E-state index contributed by atoms with van der Waals surface area (Å²) >= 11 is 0. The first-order valence-corrected chi connectivity index (χ1v) is 11.2. The molecule has 156 valence electrons. The minimum absolute atomic E-state index is 0.0816. The Bertz CT molecular complexity index is 1010. The number of carbonyl (C=O) groups excluding carboxylic acids is 1. The molecule has 2 aromatic carbocycles. The lowest BCUT2D eigenvalue weighted by Crippen LogP contribution is -2.40. The van der Waals surface area contributed by atoms with Crippen LogP contribution >= 0.6 is 0 Å². The molecule has 29 heavy (non-hydrogen) atoms. The van der Waals surface area contributed by atoms with Crippen molar-refractivity contribution in [2.75, 3.05) is 13.2 Å². The van der Waals surface area contributed by atoms with E-state index in [0.717, 1.165) is 23.3 Å². The third-order valence-corrected chi connectivity index (χ3v) is 6.47. The standard InChI is InChI=1S/C22H28N2O4S/c1-15-9-10-18(29(26,27)24-22(2,3)4)12-19(15)21(25)23-13-16-11-17-7-5-6-8-20(17)28-14-16/h5-10,12,16,24H,11,13-14H2,1-4H3,(H,23,25). The number of fused-ring (bicyclic) bond motifs is 1. The van der Waals surface area contributed by atoms with Crippen LogP contribution in [0.4, 0.5) is 0 Å². The van der Waals surface area contributed by atoms with Gasteiger partial charge in [0.25, 0.3) is 5.91 Å². The third kappa shape index (κ3) is 5.36. The average molecular weight is 417 g/mol. The molecule has 3 rings (SSSR count). The zero-order chi connectivity index (χ0) is 21.2. The van der Waals surface area contributed by atoms with E-state index >= 15 is 0 Å². The second kappa shape index (κ2) is 8.16. The van der Waals surface area contributed by atoms with Crippen LogP contribution in [0.5, 0.6) is 5.75 Å². The summed E-state index contributed by atoms with van der Waals surface area (Å²) in [6.07, 6.45) is 0.833. The third-order valence-electron chi connectivity index (χ3n) is 4.71. The van der Waals surface area contributed by atoms with Gasteiger partial charge in [-0.15, -0.1) is 0 Å². The van der Waals surface area contributed by atoms with Crippen LogP contribution in [0, 0.1) is 12.8 Å². The van der Waals surface area contributed by atoms with E-state index in [4.69, 9.17) is 4.74 Å². The molecule has 0 aliphatic carbocycles. The number of sulfonamides is 1. The lowest BCUT2D eigenvalue weighted by atomic mass is 9.96. The molecule has 1 aliphatic rings. The summed E-state index contributed by atoms with van der Waals surface area (Å²) in [6.45, 7) is 8.12. The first-order valence-electron chi connectivity index (χ1n) is 9.69. The molecule has 0 fully saturated rings. The molecular formula is C22H28N2O4S. The normalized spacial score (nSPS) is 16.6. The average Bonchev–Trinajstić information content (AvgIpc) is 2.64. The van der Waals surface area contributed by atoms with Crippen molar-refractivity contribution < 1.29 is 17.9 Å². The quantitative estimate of drug-likeness (QED) is 0.785. The number of carbonyl (C=O) groups is 1. The number of amides is 1. The molecule has 0 spiro atoms. The Morgan fingerprint density at radius 3 is 2.62 bits per heavy atom. The van der Waals surface area contributed by atoms with Crippen LogP contribution < -0.4 is 14.8 Å². The van der Waals surface area contributed by atoms with Gasteiger partial charge in [0.1, 0.15) is 5.75 Å². The van der Waals surface area contributed by atoms with E-state index in [-0.39, 0.29) is 16.7 Å². The number of rotatable bonds is 5. The maximum absolute atomic E-state index is 12.8. The van der Waals surface area contributed by atoms with Gasteiger partial charge < -0.3 is 10.1 Å². The van der Waals surface area contributed by atoms with Crippen molar-refractivity contribution in [3.63, 3.8) is 0 Å². The molecule has 0 radical (unpaired) electrons. The van der Waals surface area contributed by atoms with Gasteiger partial charge >= 0.3 is 0 Å². The van der Waals surface area contributed by atoms with Crippen LogP contribution in [-0.2, 0) is 16.4 Å². The number of ether oxygens (including phenoxy) is 1. The first-order chi connectivity index (χ1) is 13.5. The van der Waals surface area contributed by atoms with Gasteiger partial charge in [0.2, 0.25) is 10.0 Å². The Kier molecular flexibility index (Phi) is 6.00. The number of benzene rings is 2. The van der Waals surface area contributed by atoms with Gasteiger partial charge in [-0.1, -0.05) is 24.3 Å². The molecule has 6 nitrogen and oxygen atoms in total. The molecule has 2 aromatic rings. The Morgan fingerprint density at radius 1 is 1.17 bits per heavy atom. The highest BCUT2D eigenvalue weighted by molar-refractivity contribution is 7.89. The molecule has 2 N–H and O–H groups in total. The minimum Gasteiger partial charge on any atom is -0.493 e. The minimum atomic E-state index is -3.71. The van der Waals surface area contributed by atoms with Crippen LogP contribution in [0.2, 0.25) is 0 Å². The molecule has 0 saturated carbocycles. The van der Waals surface area contributed by atoms with Gasteiger partial charge in [0.15, 0.2) is 0 Å². The number of nitrogens with one attached hydrogen (secondary N) is 2. The van der Waals surface area contributed by atoms with Gasteiger partial charge in [-0.05, 0) is 63.4 Å². The maximum Gasteiger partial charge on any atom is 0.251 e. The van der Waals surface area contributed by atoms with Crippen LogP contribution in [0.1, 0.15) is 42.3 Å². The molecule has 1 amide bonds. The zero-order valence-corrected chi connectivity index (χ0v) is 18.1. The second-order valence-electron chi connectivity index (χ2n) is 8.53. The molecule has 1 atom stereocenters. The van der Waals surface area contributed by atoms with E-state index in [1.54, 1.807) is 33.8 Å². The predicted molar refractivity (Wildman–Crippen MR) is 113 cm³/mol. The molecule has 0 bridgehead atoms. The summed E-state index contributed by atoms with van der Waals surface area (Å²) in [5, 5.41) is 2.93. The van der Waals surface area contributed by atoms with Crippen LogP contribution in [0.15, 0.2) is 47.4 Å². The highest BCUT2D eigenvalue weighted by Gasteiger charge is 2.24. The van der Waals surface area contributed by atoms with Crippen molar-refractivity contribution >= 4 is 15.9 Å². The van der Waals surface area contributed by atoms with Gasteiger partial charge in [-0.3, -0.25) is 4.79 Å². The van der Waals surface area contributed by atoms with Crippen molar-refractivity contribution in [1.82, 2.24) is 10.0 Å². The molecule has 1 unspecified atom stereocenters. The lowest BCUT2D eigenvalue weighted by molar-refractivity contribution is 0.0938. The van der Waals surface area contributed by atoms with E-state index in [1.807, 2.05) is 24.3 Å². The van der Waals surface area contributed by atoms with E-state index in [2.05, 4.69) is 10.0 Å². The topological polar surface area (TPSA) is 84.5 Å². The smallest absolute Gasteiger partial charge is 0.251 e. The van der Waals surface area contributed by atoms with E-state index < -0.39 is 15.6 Å². The van der Waals surface area contributed by atoms with Crippen molar-refractivity contribution in [2.24, 2.45) is 5.92 Å². The van der Waals surface area contributed by atoms with Crippen molar-refractivity contribution in [3.05, 3.63) is 59.2 Å². The second-order valence-corrected chi connectivity index (χ2v) is 10.2. The van der Waals surface area contributed by atoms with Crippen LogP contribution in [0.25, 0.3) is 0 Å². The van der Waals surface area contributed by atoms with Crippen LogP contribution in [0.3, 0.4) is 0 Å². The number of hydrogen-bond donors (Lipinski definition) is 2. The largest absolute Gasteiger partial charge is 0.493 e. The van der Waals surface area contributed by atoms with Crippen molar-refractivity contribution in [2.45, 2.75) is 44.6 Å².